The SMILES string of the molecule is COc1cc([C@@H](N)CF)cc(Cl)c1O.Cl. The van der Waals surface area contributed by atoms with E-state index in [0.29, 0.717) is 5.56 Å². The zero-order chi connectivity index (χ0) is 10.7. The maximum Gasteiger partial charge on any atom is 0.176 e. The van der Waals surface area contributed by atoms with Gasteiger partial charge < -0.3 is 15.6 Å². The summed E-state index contributed by atoms with van der Waals surface area (Å²) in [5.74, 6) is 0.0281. The van der Waals surface area contributed by atoms with E-state index in [-0.39, 0.29) is 28.9 Å². The zero-order valence-corrected chi connectivity index (χ0v) is 9.61. The van der Waals surface area contributed by atoms with Gasteiger partial charge in [-0.15, -0.1) is 12.4 Å². The number of alkyl halides is 1. The number of ether oxygens (including phenoxy) is 1. The van der Waals surface area contributed by atoms with Gasteiger partial charge in [0.2, 0.25) is 0 Å². The van der Waals surface area contributed by atoms with E-state index < -0.39 is 12.7 Å². The molecule has 0 saturated heterocycles. The van der Waals surface area contributed by atoms with Gasteiger partial charge in [0.05, 0.1) is 18.2 Å². The van der Waals surface area contributed by atoms with E-state index in [1.54, 1.807) is 0 Å². The van der Waals surface area contributed by atoms with Gasteiger partial charge >= 0.3 is 0 Å². The van der Waals surface area contributed by atoms with Crippen molar-refractivity contribution in [3.63, 3.8) is 0 Å². The van der Waals surface area contributed by atoms with Crippen molar-refractivity contribution in [1.82, 2.24) is 0 Å². The number of phenols is 1. The van der Waals surface area contributed by atoms with Crippen LogP contribution in [0.5, 0.6) is 11.5 Å². The van der Waals surface area contributed by atoms with Crippen LogP contribution < -0.4 is 10.5 Å². The fourth-order valence-corrected chi connectivity index (χ4v) is 1.27. The number of aromatic hydroxyl groups is 1. The van der Waals surface area contributed by atoms with Crippen molar-refractivity contribution in [1.29, 1.82) is 0 Å². The highest BCUT2D eigenvalue weighted by atomic mass is 35.5. The van der Waals surface area contributed by atoms with Gasteiger partial charge in [-0.25, -0.2) is 4.39 Å². The lowest BCUT2D eigenvalue weighted by atomic mass is 10.1. The van der Waals surface area contributed by atoms with Crippen molar-refractivity contribution >= 4 is 24.0 Å². The van der Waals surface area contributed by atoms with E-state index in [9.17, 15) is 9.50 Å². The molecule has 0 radical (unpaired) electrons. The second-order valence-electron chi connectivity index (χ2n) is 2.81. The van der Waals surface area contributed by atoms with E-state index in [1.165, 1.54) is 19.2 Å². The standard InChI is InChI=1S/C9H11ClFNO2.ClH/c1-14-8-3-5(7(12)4-11)2-6(10)9(8)13;/h2-3,7,13H,4,12H2,1H3;1H/t7-;/m0./s1. The van der Waals surface area contributed by atoms with Crippen molar-refractivity contribution < 1.29 is 14.2 Å². The Balaban J connectivity index is 0.00000196. The summed E-state index contributed by atoms with van der Waals surface area (Å²) < 4.78 is 17.1. The molecule has 1 rings (SSSR count). The number of hydrogen-bond acceptors (Lipinski definition) is 3. The fourth-order valence-electron chi connectivity index (χ4n) is 1.05. The maximum atomic E-state index is 12.3. The smallest absolute Gasteiger partial charge is 0.176 e. The number of benzene rings is 1. The third kappa shape index (κ3) is 3.12. The molecule has 0 amide bonds. The molecule has 86 valence electrons. The molecule has 3 nitrogen and oxygen atoms in total. The molecule has 0 aliphatic rings. The van der Waals surface area contributed by atoms with Crippen LogP contribution in [0.25, 0.3) is 0 Å². The molecule has 0 aromatic heterocycles. The van der Waals surface area contributed by atoms with Crippen LogP contribution in [0, 0.1) is 0 Å². The van der Waals surface area contributed by atoms with Gasteiger partial charge in [0, 0.05) is 0 Å². The first-order chi connectivity index (χ1) is 6.60. The minimum absolute atomic E-state index is 0. The topological polar surface area (TPSA) is 55.5 Å². The third-order valence-electron chi connectivity index (χ3n) is 1.87. The number of halogens is 3. The van der Waals surface area contributed by atoms with Crippen molar-refractivity contribution in [3.05, 3.63) is 22.7 Å². The largest absolute Gasteiger partial charge is 0.503 e. The van der Waals surface area contributed by atoms with Crippen LogP contribution in [-0.2, 0) is 0 Å². The first-order valence-corrected chi connectivity index (χ1v) is 4.36. The Morgan fingerprint density at radius 3 is 2.67 bits per heavy atom. The first kappa shape index (κ1) is 14.3. The lowest BCUT2D eigenvalue weighted by molar-refractivity contribution is 0.371. The molecular formula is C9H12Cl2FNO2. The average Bonchev–Trinajstić information content (AvgIpc) is 2.20. The molecule has 0 heterocycles. The Labute approximate surface area is 98.4 Å². The highest BCUT2D eigenvalue weighted by molar-refractivity contribution is 6.32. The fraction of sp³-hybridized carbons (Fsp3) is 0.333. The maximum absolute atomic E-state index is 12.3. The molecule has 1 aromatic carbocycles. The summed E-state index contributed by atoms with van der Waals surface area (Å²) >= 11 is 5.69. The Bertz CT molecular complexity index is 336. The van der Waals surface area contributed by atoms with Crippen molar-refractivity contribution in [3.8, 4) is 11.5 Å². The van der Waals surface area contributed by atoms with Crippen LogP contribution in [0.1, 0.15) is 11.6 Å². The predicted octanol–water partition coefficient (Wildman–Crippen LogP) is 2.45. The zero-order valence-electron chi connectivity index (χ0n) is 8.04. The minimum Gasteiger partial charge on any atom is -0.503 e. The highest BCUT2D eigenvalue weighted by Crippen LogP contribution is 2.36. The normalized spacial score (nSPS) is 11.7. The van der Waals surface area contributed by atoms with E-state index in [0.717, 1.165) is 0 Å². The van der Waals surface area contributed by atoms with Crippen LogP contribution >= 0.6 is 24.0 Å². The molecule has 0 saturated carbocycles. The van der Waals surface area contributed by atoms with Crippen molar-refractivity contribution in [2.24, 2.45) is 5.73 Å². The average molecular weight is 256 g/mol. The number of methoxy groups -OCH3 is 1. The molecule has 0 unspecified atom stereocenters. The number of hydrogen-bond donors (Lipinski definition) is 2. The Hall–Kier alpha value is -0.710. The minimum atomic E-state index is -0.748. The van der Waals surface area contributed by atoms with Crippen molar-refractivity contribution in [2.45, 2.75) is 6.04 Å². The molecule has 1 atom stereocenters. The summed E-state index contributed by atoms with van der Waals surface area (Å²) in [5.41, 5.74) is 5.96. The van der Waals surface area contributed by atoms with Gasteiger partial charge in [-0.1, -0.05) is 11.6 Å². The molecule has 3 N–H and O–H groups in total. The summed E-state index contributed by atoms with van der Waals surface area (Å²) in [7, 11) is 1.39. The van der Waals surface area contributed by atoms with E-state index in [2.05, 4.69) is 0 Å². The molecule has 0 spiro atoms. The van der Waals surface area contributed by atoms with Crippen LogP contribution in [0.3, 0.4) is 0 Å². The van der Waals surface area contributed by atoms with Crippen molar-refractivity contribution in [2.75, 3.05) is 13.8 Å². The molecular weight excluding hydrogens is 244 g/mol. The van der Waals surface area contributed by atoms with Crippen LogP contribution in [0.15, 0.2) is 12.1 Å². The van der Waals surface area contributed by atoms with Gasteiger partial charge in [-0.3, -0.25) is 0 Å². The summed E-state index contributed by atoms with van der Waals surface area (Å²) in [6.07, 6.45) is 0. The predicted molar refractivity (Wildman–Crippen MR) is 59.8 cm³/mol. The van der Waals surface area contributed by atoms with Gasteiger partial charge in [-0.05, 0) is 17.7 Å². The Morgan fingerprint density at radius 1 is 1.60 bits per heavy atom. The molecule has 6 heteroatoms. The molecule has 0 aliphatic heterocycles. The Kier molecular flexibility index (Phi) is 5.72. The quantitative estimate of drug-likeness (QED) is 0.873. The third-order valence-corrected chi connectivity index (χ3v) is 2.15. The van der Waals surface area contributed by atoms with Gasteiger partial charge in [0.15, 0.2) is 11.5 Å². The van der Waals surface area contributed by atoms with Gasteiger partial charge in [-0.2, -0.15) is 0 Å². The summed E-state index contributed by atoms with van der Waals surface area (Å²) in [6.45, 7) is -0.690. The number of phenolic OH excluding ortho intramolecular Hbond substituents is 1. The molecule has 0 bridgehead atoms. The molecule has 15 heavy (non-hydrogen) atoms. The molecule has 0 fully saturated rings. The van der Waals surface area contributed by atoms with E-state index in [1.807, 2.05) is 0 Å². The first-order valence-electron chi connectivity index (χ1n) is 3.98. The highest BCUT2D eigenvalue weighted by Gasteiger charge is 2.13. The molecule has 1 aromatic rings. The van der Waals surface area contributed by atoms with Crippen LogP contribution in [0.2, 0.25) is 5.02 Å². The van der Waals surface area contributed by atoms with Gasteiger partial charge in [0.1, 0.15) is 6.67 Å². The summed E-state index contributed by atoms with van der Waals surface area (Å²) in [6, 6.07) is 2.14. The van der Waals surface area contributed by atoms with E-state index >= 15 is 0 Å². The van der Waals surface area contributed by atoms with E-state index in [4.69, 9.17) is 22.1 Å². The van der Waals surface area contributed by atoms with Gasteiger partial charge in [0.25, 0.3) is 0 Å². The molecule has 0 aliphatic carbocycles. The van der Waals surface area contributed by atoms with Crippen LogP contribution in [-0.4, -0.2) is 18.9 Å². The lowest BCUT2D eigenvalue weighted by Gasteiger charge is -2.11. The number of rotatable bonds is 3. The Morgan fingerprint density at radius 2 is 2.20 bits per heavy atom. The monoisotopic (exact) mass is 255 g/mol. The second kappa shape index (κ2) is 6.00. The summed E-state index contributed by atoms with van der Waals surface area (Å²) in [4.78, 5) is 0. The second-order valence-corrected chi connectivity index (χ2v) is 3.22. The lowest BCUT2D eigenvalue weighted by Crippen LogP contribution is -2.12. The number of nitrogens with two attached hydrogens (primary N) is 1. The van der Waals surface area contributed by atoms with Crippen LogP contribution in [0.4, 0.5) is 4.39 Å². The summed E-state index contributed by atoms with van der Waals surface area (Å²) in [5, 5.41) is 9.49.